The fraction of sp³-hybridized carbons (Fsp3) is 0.429. The molecule has 5 nitrogen and oxygen atoms in total. The second-order valence-electron chi connectivity index (χ2n) is 7.51. The Morgan fingerprint density at radius 3 is 2.96 bits per heavy atom. The summed E-state index contributed by atoms with van der Waals surface area (Å²) in [6.45, 7) is 5.05. The maximum absolute atomic E-state index is 13.6. The molecule has 0 radical (unpaired) electrons. The molecule has 2 aliphatic heterocycles. The minimum atomic E-state index is -0.416. The predicted molar refractivity (Wildman–Crippen MR) is 101 cm³/mol. The number of rotatable bonds is 3. The van der Waals surface area contributed by atoms with Crippen molar-refractivity contribution in [2.75, 3.05) is 31.1 Å². The van der Waals surface area contributed by atoms with Crippen LogP contribution < -0.4 is 4.90 Å². The van der Waals surface area contributed by atoms with Crippen LogP contribution in [0, 0.1) is 12.7 Å². The van der Waals surface area contributed by atoms with Gasteiger partial charge in [0.15, 0.2) is 0 Å². The molecular weight excluding hydrogens is 345 g/mol. The summed E-state index contributed by atoms with van der Waals surface area (Å²) in [5, 5.41) is 0. The number of carbonyl (C=O) groups is 1. The highest BCUT2D eigenvalue weighted by atomic mass is 19.1. The number of nitrogens with zero attached hydrogens (tertiary/aromatic N) is 3. The molecule has 0 aliphatic carbocycles. The molecular formula is C21H24FN3O2. The van der Waals surface area contributed by atoms with Crippen molar-refractivity contribution in [1.29, 1.82) is 0 Å². The van der Waals surface area contributed by atoms with Crippen molar-refractivity contribution in [2.24, 2.45) is 0 Å². The summed E-state index contributed by atoms with van der Waals surface area (Å²) in [7, 11) is 0. The van der Waals surface area contributed by atoms with Crippen molar-refractivity contribution in [3.8, 4) is 0 Å². The van der Waals surface area contributed by atoms with Gasteiger partial charge in [0, 0.05) is 25.0 Å². The number of hydrogen-bond donors (Lipinski definition) is 0. The van der Waals surface area contributed by atoms with Crippen LogP contribution in [0.2, 0.25) is 0 Å². The molecule has 0 N–H and O–H groups in total. The van der Waals surface area contributed by atoms with Crippen LogP contribution in [0.15, 0.2) is 42.6 Å². The summed E-state index contributed by atoms with van der Waals surface area (Å²) in [4.78, 5) is 20.9. The van der Waals surface area contributed by atoms with Gasteiger partial charge in [0.2, 0.25) is 0 Å². The van der Waals surface area contributed by atoms with Gasteiger partial charge in [-0.3, -0.25) is 14.7 Å². The summed E-state index contributed by atoms with van der Waals surface area (Å²) in [6.07, 6.45) is 3.71. The molecule has 1 aromatic heterocycles. The van der Waals surface area contributed by atoms with Crippen molar-refractivity contribution in [1.82, 2.24) is 9.88 Å². The van der Waals surface area contributed by atoms with Crippen LogP contribution in [0.4, 0.5) is 10.1 Å². The lowest BCUT2D eigenvalue weighted by atomic mass is 9.90. The van der Waals surface area contributed by atoms with Gasteiger partial charge in [-0.1, -0.05) is 12.1 Å². The zero-order valence-corrected chi connectivity index (χ0v) is 15.5. The molecule has 0 bridgehead atoms. The van der Waals surface area contributed by atoms with E-state index >= 15 is 0 Å². The first-order chi connectivity index (χ1) is 13.0. The lowest BCUT2D eigenvalue weighted by Gasteiger charge is -2.47. The average Bonchev–Trinajstić information content (AvgIpc) is 2.66. The van der Waals surface area contributed by atoms with Gasteiger partial charge in [-0.15, -0.1) is 0 Å². The predicted octanol–water partition coefficient (Wildman–Crippen LogP) is 2.93. The van der Waals surface area contributed by atoms with E-state index in [9.17, 15) is 9.18 Å². The van der Waals surface area contributed by atoms with Gasteiger partial charge in [0.25, 0.3) is 5.91 Å². The van der Waals surface area contributed by atoms with Gasteiger partial charge >= 0.3 is 0 Å². The van der Waals surface area contributed by atoms with Crippen molar-refractivity contribution < 1.29 is 13.9 Å². The fourth-order valence-corrected chi connectivity index (χ4v) is 4.06. The van der Waals surface area contributed by atoms with E-state index in [0.29, 0.717) is 12.2 Å². The molecule has 1 aromatic carbocycles. The first-order valence-electron chi connectivity index (χ1n) is 9.37. The Morgan fingerprint density at radius 2 is 2.15 bits per heavy atom. The maximum Gasteiger partial charge on any atom is 0.253 e. The Kier molecular flexibility index (Phi) is 4.93. The van der Waals surface area contributed by atoms with E-state index in [0.717, 1.165) is 38.2 Å². The number of anilines is 1. The third-order valence-electron chi connectivity index (χ3n) is 5.48. The Morgan fingerprint density at radius 1 is 1.26 bits per heavy atom. The van der Waals surface area contributed by atoms with E-state index in [1.165, 1.54) is 17.7 Å². The Bertz CT molecular complexity index is 844. The minimum Gasteiger partial charge on any atom is -0.362 e. The third kappa shape index (κ3) is 3.87. The Hall–Kier alpha value is -2.31. The SMILES string of the molecule is Cc1cccnc1CN1CCCC2(C1)CN(c1cccc(F)c1)C(=O)CO2. The number of hydrogen-bond acceptors (Lipinski definition) is 4. The van der Waals surface area contributed by atoms with Crippen LogP contribution in [0.5, 0.6) is 0 Å². The number of morpholine rings is 1. The molecule has 1 amide bonds. The highest BCUT2D eigenvalue weighted by molar-refractivity contribution is 5.95. The van der Waals surface area contributed by atoms with Crippen LogP contribution in [0.25, 0.3) is 0 Å². The molecule has 1 atom stereocenters. The van der Waals surface area contributed by atoms with Gasteiger partial charge in [-0.05, 0) is 56.1 Å². The molecule has 4 rings (SSSR count). The maximum atomic E-state index is 13.6. The smallest absolute Gasteiger partial charge is 0.253 e. The first-order valence-corrected chi connectivity index (χ1v) is 9.37. The quantitative estimate of drug-likeness (QED) is 0.835. The van der Waals surface area contributed by atoms with E-state index in [1.54, 1.807) is 17.0 Å². The molecule has 0 saturated carbocycles. The van der Waals surface area contributed by atoms with E-state index in [-0.39, 0.29) is 18.3 Å². The number of likely N-dealkylation sites (tertiary alicyclic amines) is 1. The summed E-state index contributed by atoms with van der Waals surface area (Å²) in [6, 6.07) is 10.2. The van der Waals surface area contributed by atoms with Crippen molar-refractivity contribution in [3.05, 3.63) is 59.7 Å². The highest BCUT2D eigenvalue weighted by Gasteiger charge is 2.43. The Balaban J connectivity index is 1.52. The summed E-state index contributed by atoms with van der Waals surface area (Å²) >= 11 is 0. The van der Waals surface area contributed by atoms with Crippen LogP contribution >= 0.6 is 0 Å². The zero-order chi connectivity index (χ0) is 18.9. The topological polar surface area (TPSA) is 45.7 Å². The van der Waals surface area contributed by atoms with Gasteiger partial charge in [-0.2, -0.15) is 0 Å². The monoisotopic (exact) mass is 369 g/mol. The molecule has 2 aliphatic rings. The van der Waals surface area contributed by atoms with Crippen LogP contribution in [-0.2, 0) is 16.1 Å². The van der Waals surface area contributed by atoms with Crippen LogP contribution in [0.1, 0.15) is 24.1 Å². The van der Waals surface area contributed by atoms with Gasteiger partial charge < -0.3 is 9.64 Å². The van der Waals surface area contributed by atoms with Gasteiger partial charge in [0.05, 0.1) is 17.8 Å². The zero-order valence-electron chi connectivity index (χ0n) is 15.5. The molecule has 3 heterocycles. The van der Waals surface area contributed by atoms with Crippen molar-refractivity contribution >= 4 is 11.6 Å². The molecule has 27 heavy (non-hydrogen) atoms. The minimum absolute atomic E-state index is 0.0347. The first kappa shape index (κ1) is 18.1. The lowest BCUT2D eigenvalue weighted by Crippen LogP contribution is -2.61. The lowest BCUT2D eigenvalue weighted by molar-refractivity contribution is -0.146. The number of pyridine rings is 1. The second kappa shape index (κ2) is 7.37. The molecule has 142 valence electrons. The largest absolute Gasteiger partial charge is 0.362 e. The standard InChI is InChI=1S/C21H24FN3O2/c1-16-5-3-9-23-19(16)12-24-10-4-8-21(14-24)15-25(20(26)13-27-21)18-7-2-6-17(22)11-18/h2-3,5-7,9,11H,4,8,10,12-15H2,1H3. The summed E-state index contributed by atoms with van der Waals surface area (Å²) in [5.41, 5.74) is 2.43. The summed E-state index contributed by atoms with van der Waals surface area (Å²) in [5.74, 6) is -0.458. The number of carbonyl (C=O) groups excluding carboxylic acids is 1. The number of piperidine rings is 1. The van der Waals surface area contributed by atoms with E-state index < -0.39 is 5.60 Å². The second-order valence-corrected chi connectivity index (χ2v) is 7.51. The average molecular weight is 369 g/mol. The number of aryl methyl sites for hydroxylation is 1. The molecule has 2 saturated heterocycles. The van der Waals surface area contributed by atoms with Crippen LogP contribution in [0.3, 0.4) is 0 Å². The Labute approximate surface area is 158 Å². The molecule has 6 heteroatoms. The van der Waals surface area contributed by atoms with E-state index in [2.05, 4.69) is 22.9 Å². The third-order valence-corrected chi connectivity index (χ3v) is 5.48. The molecule has 2 aromatic rings. The van der Waals surface area contributed by atoms with E-state index in [4.69, 9.17) is 4.74 Å². The molecule has 1 unspecified atom stereocenters. The van der Waals surface area contributed by atoms with Crippen molar-refractivity contribution in [2.45, 2.75) is 31.9 Å². The highest BCUT2D eigenvalue weighted by Crippen LogP contribution is 2.32. The number of aromatic nitrogens is 1. The normalized spacial score (nSPS) is 23.8. The van der Waals surface area contributed by atoms with Crippen molar-refractivity contribution in [3.63, 3.8) is 0 Å². The summed E-state index contributed by atoms with van der Waals surface area (Å²) < 4.78 is 19.7. The van der Waals surface area contributed by atoms with Crippen LogP contribution in [-0.4, -0.2) is 47.6 Å². The molecule has 1 spiro atoms. The van der Waals surface area contributed by atoms with E-state index in [1.807, 2.05) is 12.3 Å². The number of benzene rings is 1. The van der Waals surface area contributed by atoms with Gasteiger partial charge in [0.1, 0.15) is 12.4 Å². The molecule has 2 fully saturated rings. The van der Waals surface area contributed by atoms with Gasteiger partial charge in [-0.25, -0.2) is 4.39 Å². The number of amides is 1. The fourth-order valence-electron chi connectivity index (χ4n) is 4.06. The number of ether oxygens (including phenoxy) is 1. The number of halogens is 1.